The Morgan fingerprint density at radius 2 is 1.21 bits per heavy atom. The van der Waals surface area contributed by atoms with Gasteiger partial charge in [0.15, 0.2) is 11.4 Å². The molecule has 0 aliphatic carbocycles. The molecule has 0 radical (unpaired) electrons. The van der Waals surface area contributed by atoms with Crippen LogP contribution in [0.1, 0.15) is 136 Å². The highest BCUT2D eigenvalue weighted by Gasteiger charge is 2.65. The molecule has 0 spiro atoms. The Morgan fingerprint density at radius 1 is 0.772 bits per heavy atom. The lowest BCUT2D eigenvalue weighted by atomic mass is 9.76. The van der Waals surface area contributed by atoms with Gasteiger partial charge in [0.2, 0.25) is 11.5 Å². The number of aromatic nitrogens is 4. The van der Waals surface area contributed by atoms with E-state index in [4.69, 9.17) is 0 Å². The molecule has 0 saturated carbocycles. The van der Waals surface area contributed by atoms with E-state index < -0.39 is 83.1 Å². The van der Waals surface area contributed by atoms with E-state index in [-0.39, 0.29) is 16.6 Å². The number of Topliss-reactive ketones (excluding diaryl/α,β-unsaturated/α-hetero) is 3. The number of carbonyl (C=O) groups is 3. The van der Waals surface area contributed by atoms with Crippen molar-refractivity contribution in [1.29, 1.82) is 0 Å². The number of carbonyl (C=O) groups excluding carboxylic acids is 3. The van der Waals surface area contributed by atoms with Gasteiger partial charge < -0.3 is 5.11 Å². The molecule has 9 nitrogen and oxygen atoms in total. The summed E-state index contributed by atoms with van der Waals surface area (Å²) in [7, 11) is 0. The highest BCUT2D eigenvalue weighted by molar-refractivity contribution is 9.10. The molecule has 1 fully saturated rings. The molecule has 1 aliphatic rings. The summed E-state index contributed by atoms with van der Waals surface area (Å²) < 4.78 is 151. The standard InChI is InChI=1S/C14H24F3NO2.C8H10BrF3N2.C8H11F3N2.C5H5F3O2/c1-10(19)9-13(20,14(15,16)17)18-11(2,3)7-6-8-12(18,4)5;1-4(2)14-5(3)6(9)7(13-14)8(10,11)12;1-5(2)13-6(3)4-7(12-13)8(9,10)11;1-3(9)2-4(10)5(6,7)8/h20H,6-9H2,1-5H3;4H,1-3H3;4-5H,1-3H3;2H2,1H3. The first-order chi connectivity index (χ1) is 25.1. The number of ketones is 3. The molecule has 1 saturated heterocycles. The van der Waals surface area contributed by atoms with Crippen LogP contribution in [0.2, 0.25) is 0 Å². The van der Waals surface area contributed by atoms with Crippen molar-refractivity contribution in [3.8, 4) is 0 Å². The van der Waals surface area contributed by atoms with E-state index >= 15 is 0 Å². The van der Waals surface area contributed by atoms with Gasteiger partial charge in [-0.3, -0.25) is 28.6 Å². The second-order valence-electron chi connectivity index (χ2n) is 15.3. The predicted molar refractivity (Wildman–Crippen MR) is 189 cm³/mol. The SMILES string of the molecule is CC(=O)CC(=O)C(F)(F)F.CC(=O)CC(O)(N1C(C)(C)CCCC1(C)C)C(F)(F)F.Cc1c(Br)c(C(F)(F)F)nn1C(C)C.Cc1cc(C(F)(F)F)nn1C(C)C. The van der Waals surface area contributed by atoms with Gasteiger partial charge in [-0.1, -0.05) is 0 Å². The Morgan fingerprint density at radius 3 is 1.44 bits per heavy atom. The van der Waals surface area contributed by atoms with Crippen molar-refractivity contribution in [1.82, 2.24) is 24.5 Å². The monoisotopic (exact) mass is 911 g/mol. The molecular formula is C35H50BrF12N5O4. The van der Waals surface area contributed by atoms with Gasteiger partial charge in [0.05, 0.1) is 23.0 Å². The molecule has 0 amide bonds. The smallest absolute Gasteiger partial charge is 0.367 e. The number of piperidine rings is 1. The normalized spacial score (nSPS) is 17.1. The molecule has 2 aromatic heterocycles. The number of halogens is 13. The van der Waals surface area contributed by atoms with Gasteiger partial charge in [-0.25, -0.2) is 0 Å². The third-order valence-electron chi connectivity index (χ3n) is 8.37. The molecule has 1 aliphatic heterocycles. The van der Waals surface area contributed by atoms with E-state index in [0.29, 0.717) is 24.2 Å². The molecule has 330 valence electrons. The predicted octanol–water partition coefficient (Wildman–Crippen LogP) is 10.7. The minimum Gasteiger partial charge on any atom is -0.367 e. The zero-order valence-electron chi connectivity index (χ0n) is 33.6. The quantitative estimate of drug-likeness (QED) is 0.218. The maximum atomic E-state index is 13.5. The van der Waals surface area contributed by atoms with Gasteiger partial charge in [0.25, 0.3) is 0 Å². The zero-order valence-corrected chi connectivity index (χ0v) is 35.2. The molecule has 3 rings (SSSR count). The summed E-state index contributed by atoms with van der Waals surface area (Å²) in [6.07, 6.45) is -18.6. The topological polar surface area (TPSA) is 110 Å². The van der Waals surface area contributed by atoms with E-state index in [1.807, 2.05) is 0 Å². The molecule has 57 heavy (non-hydrogen) atoms. The van der Waals surface area contributed by atoms with E-state index in [1.54, 1.807) is 69.2 Å². The number of hydrogen-bond acceptors (Lipinski definition) is 7. The summed E-state index contributed by atoms with van der Waals surface area (Å²) in [6.45, 7) is 19.1. The van der Waals surface area contributed by atoms with Crippen molar-refractivity contribution < 1.29 is 72.2 Å². The maximum absolute atomic E-state index is 13.5. The van der Waals surface area contributed by atoms with Crippen LogP contribution in [-0.4, -0.2) is 76.1 Å². The van der Waals surface area contributed by atoms with Gasteiger partial charge in [0.1, 0.15) is 11.6 Å². The lowest BCUT2D eigenvalue weighted by Crippen LogP contribution is -2.73. The number of aliphatic hydroxyl groups is 1. The van der Waals surface area contributed by atoms with Crippen LogP contribution in [0, 0.1) is 13.8 Å². The van der Waals surface area contributed by atoms with Crippen LogP contribution in [0.5, 0.6) is 0 Å². The third-order valence-corrected chi connectivity index (χ3v) is 9.32. The highest BCUT2D eigenvalue weighted by Crippen LogP contribution is 2.49. The minimum absolute atomic E-state index is 0.0266. The van der Waals surface area contributed by atoms with Crippen LogP contribution in [-0.2, 0) is 26.7 Å². The largest absolute Gasteiger partial charge is 0.450 e. The summed E-state index contributed by atoms with van der Waals surface area (Å²) in [5.41, 5.74) is -5.44. The van der Waals surface area contributed by atoms with Crippen molar-refractivity contribution in [2.45, 2.75) is 169 Å². The van der Waals surface area contributed by atoms with Crippen LogP contribution in [0.25, 0.3) is 0 Å². The molecule has 22 heteroatoms. The zero-order chi connectivity index (χ0) is 45.7. The number of likely N-dealkylation sites (tertiary alicyclic amines) is 1. The molecule has 0 bridgehead atoms. The van der Waals surface area contributed by atoms with Crippen molar-refractivity contribution >= 4 is 33.3 Å². The van der Waals surface area contributed by atoms with Gasteiger partial charge in [-0.15, -0.1) is 0 Å². The molecule has 3 heterocycles. The molecule has 1 N–H and O–H groups in total. The van der Waals surface area contributed by atoms with Crippen LogP contribution >= 0.6 is 15.9 Å². The van der Waals surface area contributed by atoms with Crippen molar-refractivity contribution in [2.24, 2.45) is 0 Å². The Labute approximate surface area is 331 Å². The van der Waals surface area contributed by atoms with Gasteiger partial charge in [-0.05, 0) is 124 Å². The molecule has 1 atom stereocenters. The van der Waals surface area contributed by atoms with Gasteiger partial charge in [0, 0.05) is 28.9 Å². The first kappa shape index (κ1) is 54.0. The lowest BCUT2D eigenvalue weighted by Gasteiger charge is -2.59. The van der Waals surface area contributed by atoms with E-state index in [9.17, 15) is 72.2 Å². The molecule has 1 unspecified atom stereocenters. The summed E-state index contributed by atoms with van der Waals surface area (Å²) >= 11 is 2.90. The summed E-state index contributed by atoms with van der Waals surface area (Å²) in [4.78, 5) is 32.3. The van der Waals surface area contributed by atoms with Crippen LogP contribution < -0.4 is 0 Å². The Balaban J connectivity index is 0.000000758. The second-order valence-corrected chi connectivity index (χ2v) is 16.1. The van der Waals surface area contributed by atoms with E-state index in [2.05, 4.69) is 26.1 Å². The number of hydrogen-bond donors (Lipinski definition) is 1. The van der Waals surface area contributed by atoms with Crippen molar-refractivity contribution in [2.75, 3.05) is 0 Å². The second kappa shape index (κ2) is 19.4. The van der Waals surface area contributed by atoms with E-state index in [1.165, 1.54) is 9.36 Å². The number of rotatable bonds is 7. The summed E-state index contributed by atoms with van der Waals surface area (Å²) in [5, 5.41) is 17.4. The average molecular weight is 913 g/mol. The average Bonchev–Trinajstić information content (AvgIpc) is 3.51. The fourth-order valence-electron chi connectivity index (χ4n) is 6.31. The third kappa shape index (κ3) is 15.3. The minimum atomic E-state index is -4.88. The lowest BCUT2D eigenvalue weighted by molar-refractivity contribution is -0.351. The Kier molecular flexibility index (Phi) is 18.3. The van der Waals surface area contributed by atoms with E-state index in [0.717, 1.165) is 31.2 Å². The molecule has 2 aromatic rings. The van der Waals surface area contributed by atoms with Gasteiger partial charge >= 0.3 is 24.7 Å². The summed E-state index contributed by atoms with van der Waals surface area (Å²) in [6, 6.07) is 0.929. The number of nitrogens with zero attached hydrogens (tertiary/aromatic N) is 5. The van der Waals surface area contributed by atoms with Crippen LogP contribution in [0.3, 0.4) is 0 Å². The molecular weight excluding hydrogens is 862 g/mol. The number of alkyl halides is 12. The molecule has 0 aromatic carbocycles. The van der Waals surface area contributed by atoms with Crippen LogP contribution in [0.4, 0.5) is 52.7 Å². The summed E-state index contributed by atoms with van der Waals surface area (Å²) in [5.74, 6) is -3.44. The Hall–Kier alpha value is -3.01. The first-order valence-electron chi connectivity index (χ1n) is 17.3. The first-order valence-corrected chi connectivity index (χ1v) is 18.1. The van der Waals surface area contributed by atoms with Gasteiger partial charge in [-0.2, -0.15) is 62.9 Å². The highest BCUT2D eigenvalue weighted by atomic mass is 79.9. The van der Waals surface area contributed by atoms with Crippen LogP contribution in [0.15, 0.2) is 10.5 Å². The van der Waals surface area contributed by atoms with Crippen molar-refractivity contribution in [3.63, 3.8) is 0 Å². The maximum Gasteiger partial charge on any atom is 0.450 e. The van der Waals surface area contributed by atoms with Crippen molar-refractivity contribution in [3.05, 3.63) is 33.3 Å². The number of aryl methyl sites for hydroxylation is 1. The fourth-order valence-corrected chi connectivity index (χ4v) is 6.79. The fraction of sp³-hybridized carbons (Fsp3) is 0.743. The Bertz CT molecular complexity index is 1660.